The van der Waals surface area contributed by atoms with Gasteiger partial charge in [-0.25, -0.2) is 24.3 Å². The number of hydrogen-bond acceptors (Lipinski definition) is 23. The van der Waals surface area contributed by atoms with Gasteiger partial charge in [-0.2, -0.15) is 35.8 Å². The molecule has 0 radical (unpaired) electrons. The van der Waals surface area contributed by atoms with E-state index in [9.17, 15) is 86.2 Å². The van der Waals surface area contributed by atoms with Crippen molar-refractivity contribution in [3.8, 4) is 63.1 Å². The Bertz CT molecular complexity index is 5670. The van der Waals surface area contributed by atoms with Crippen LogP contribution in [-0.4, -0.2) is 143 Å². The second-order valence-electron chi connectivity index (χ2n) is 35.2. The van der Waals surface area contributed by atoms with Gasteiger partial charge in [-0.3, -0.25) is 38.2 Å². The number of hydrogen-bond donors (Lipinski definition) is 4. The van der Waals surface area contributed by atoms with Gasteiger partial charge in [0.1, 0.15) is 40.3 Å². The summed E-state index contributed by atoms with van der Waals surface area (Å²) in [6, 6.07) is 24.7. The summed E-state index contributed by atoms with van der Waals surface area (Å²) in [6.07, 6.45) is -1.06. The Kier molecular flexibility index (Phi) is 22.9. The highest BCUT2D eigenvalue weighted by Crippen LogP contribution is 2.72. The molecule has 7 heterocycles. The summed E-state index contributed by atoms with van der Waals surface area (Å²) >= 11 is 11.6. The molecular formula is C87H77Cl2F12N11O17. The standard InChI is InChI=1S/2C23H20F4N2O6.C22H21ClFN5O2.C19H16ClF3N2O3/c1-20(24,25)35-19-5-2-13(8-28-19)15(30)7-21-10-22(11-21,12-21)29-18(31)9-32-14-3-4-16-17(6-14)34-23(26,27)33-16;1-20(24,25)33-14-2-4-15(28-8-14)16(30)7-21-10-22(11-21,12-21)29-19(31)9-32-13-3-5-17-18(6-13)35-23(26,27)34-17;1-29-9-14(8-26-29)18-4-5-25-19(27-18)7-21-11-22(12-21,13-21)28-20(30)10-31-15-2-3-16(23)17(24)6-15;1-10-4-11(2-3-12(10)20)13(26)6-17-7-18(8-17,9-17)24-16(27)14-5-15(25-28-14)19(21,22)23/h2*2-6,8H,7,9-12H2,1H3,(H,29,31);2-6,8-9H,7,10-13H2,1H3,(H,28,30);2-5H,6-9H2,1H3,(H,24,27). The zero-order valence-electron chi connectivity index (χ0n) is 68.6. The van der Waals surface area contributed by atoms with Crippen LogP contribution in [0.25, 0.3) is 11.3 Å². The number of nitrogens with zero attached hydrogens (tertiary/aromatic N) is 7. The number of ether oxygens (including phenoxy) is 9. The van der Waals surface area contributed by atoms with Gasteiger partial charge in [0.25, 0.3) is 23.6 Å². The lowest BCUT2D eigenvalue weighted by atomic mass is 9.38. The third-order valence-corrected chi connectivity index (χ3v) is 24.6. The summed E-state index contributed by atoms with van der Waals surface area (Å²) in [6.45, 7) is 2.23. The number of carbonyl (C=O) groups excluding carboxylic acids is 7. The smallest absolute Gasteiger partial charge is 0.484 e. The maximum Gasteiger partial charge on any atom is 0.586 e. The lowest BCUT2D eigenvalue weighted by Crippen LogP contribution is -2.75. The molecular weight excluding hydrogens is 1770 g/mol. The first kappa shape index (κ1) is 89.9. The van der Waals surface area contributed by atoms with Crippen LogP contribution < -0.4 is 63.9 Å². The maximum atomic E-state index is 13.5. The molecule has 0 spiro atoms. The van der Waals surface area contributed by atoms with E-state index in [4.69, 9.17) is 42.4 Å². The summed E-state index contributed by atoms with van der Waals surface area (Å²) in [4.78, 5) is 104. The number of pyridine rings is 2. The van der Waals surface area contributed by atoms with Gasteiger partial charge in [-0.15, -0.1) is 17.6 Å². The van der Waals surface area contributed by atoms with Gasteiger partial charge in [0.05, 0.1) is 23.1 Å². The number of carbonyl (C=O) groups is 7. The predicted molar refractivity (Wildman–Crippen MR) is 425 cm³/mol. The second kappa shape index (κ2) is 32.9. The minimum absolute atomic E-state index is 0.0180. The summed E-state index contributed by atoms with van der Waals surface area (Å²) in [5, 5.41) is 19.3. The molecule has 4 amide bonds. The Labute approximate surface area is 734 Å². The van der Waals surface area contributed by atoms with Crippen LogP contribution in [0.2, 0.25) is 10.0 Å². The number of amides is 4. The van der Waals surface area contributed by atoms with Crippen LogP contribution in [0.15, 0.2) is 145 Å². The van der Waals surface area contributed by atoms with E-state index < -0.39 is 65.2 Å². The molecule has 0 saturated heterocycles. The molecule has 9 aromatic rings. The predicted octanol–water partition coefficient (Wildman–Crippen LogP) is 16.1. The zero-order chi connectivity index (χ0) is 92.1. The van der Waals surface area contributed by atoms with Gasteiger partial charge >= 0.3 is 31.0 Å². The lowest BCUT2D eigenvalue weighted by Gasteiger charge is -2.70. The Morgan fingerprint density at radius 2 is 0.969 bits per heavy atom. The van der Waals surface area contributed by atoms with Crippen molar-refractivity contribution in [2.45, 2.75) is 177 Å². The highest BCUT2D eigenvalue weighted by molar-refractivity contribution is 6.31. The first-order valence-corrected chi connectivity index (χ1v) is 40.9. The Balaban J connectivity index is 0.000000127. The number of nitrogens with one attached hydrogen (secondary N) is 4. The van der Waals surface area contributed by atoms with E-state index in [1.54, 1.807) is 35.3 Å². The van der Waals surface area contributed by atoms with E-state index in [-0.39, 0.29) is 163 Å². The molecule has 28 nitrogen and oxygen atoms in total. The quantitative estimate of drug-likeness (QED) is 0.0240. The molecule has 0 unspecified atom stereocenters. The molecule has 129 heavy (non-hydrogen) atoms. The van der Waals surface area contributed by atoms with Gasteiger partial charge in [0.2, 0.25) is 11.6 Å². The topological polar surface area (TPSA) is 346 Å². The first-order valence-electron chi connectivity index (χ1n) is 40.2. The Morgan fingerprint density at radius 3 is 1.43 bits per heavy atom. The Hall–Kier alpha value is -12.5. The number of halogens is 14. The molecule has 2 aliphatic heterocycles. The van der Waals surface area contributed by atoms with E-state index >= 15 is 0 Å². The van der Waals surface area contributed by atoms with E-state index in [0.717, 1.165) is 54.5 Å². The number of aromatic nitrogens is 7. The highest BCUT2D eigenvalue weighted by atomic mass is 35.5. The second-order valence-corrected chi connectivity index (χ2v) is 36.0. The van der Waals surface area contributed by atoms with Crippen molar-refractivity contribution in [2.75, 3.05) is 19.8 Å². The van der Waals surface area contributed by atoms with Crippen molar-refractivity contribution in [1.82, 2.24) is 56.1 Å². The fraction of sp³-hybridized carbons (Fsp3) is 0.414. The van der Waals surface area contributed by atoms with Crippen molar-refractivity contribution in [3.05, 3.63) is 196 Å². The lowest BCUT2D eigenvalue weighted by molar-refractivity contribution is -0.287. The van der Waals surface area contributed by atoms with Gasteiger partial charge < -0.3 is 68.4 Å². The first-order chi connectivity index (χ1) is 60.5. The summed E-state index contributed by atoms with van der Waals surface area (Å²) in [7, 11) is 1.87. The minimum atomic E-state index is -4.66. The Morgan fingerprint density at radius 1 is 0.496 bits per heavy atom. The van der Waals surface area contributed by atoms with Gasteiger partial charge in [0, 0.05) is 139 Å². The van der Waals surface area contributed by atoms with Gasteiger partial charge in [-0.05, 0) is 190 Å². The number of aryl methyl sites for hydroxylation is 2. The SMILES string of the molecule is CC(F)(F)Oc1ccc(C(=O)CC23CC(NC(=O)COc4ccc5c(c4)OC(F)(F)O5)(C2)C3)cn1.CC(F)(F)Oc1ccc(C(=O)CC23CC(NC(=O)COc4ccc5c(c4)OC(F)(F)O5)(C2)C3)nc1.Cc1cc(C(=O)CC23CC(NC(=O)c4cc(C(F)(F)F)no4)(C2)C3)ccc1Cl.Cn1cc(-c2ccnc(CC34CC(NC(=O)COc5ccc(Cl)c(F)c5)(C3)C4)n2)cn1. The molecule has 14 aliphatic rings. The number of Topliss-reactive ketones (excluding diaryl/α,β-unsaturated/α-hetero) is 3. The van der Waals surface area contributed by atoms with Crippen LogP contribution in [0, 0.1) is 34.4 Å². The molecule has 12 fully saturated rings. The molecule has 8 bridgehead atoms. The largest absolute Gasteiger partial charge is 0.586 e. The van der Waals surface area contributed by atoms with E-state index in [1.807, 2.05) is 26.2 Å². The summed E-state index contributed by atoms with van der Waals surface area (Å²) in [5.41, 5.74) is 0.639. The number of fused-ring (bicyclic) bond motifs is 2. The number of ketones is 3. The number of rotatable bonds is 30. The average Bonchev–Trinajstić information content (AvgIpc) is 0.925. The molecule has 0 atom stereocenters. The summed E-state index contributed by atoms with van der Waals surface area (Å²) in [5.74, 6) is -2.68. The highest BCUT2D eigenvalue weighted by Gasteiger charge is 2.72. The van der Waals surface area contributed by atoms with Crippen LogP contribution in [0.3, 0.4) is 0 Å². The molecule has 5 aromatic heterocycles. The third-order valence-electron chi connectivity index (χ3n) is 23.9. The molecule has 680 valence electrons. The van der Waals surface area contributed by atoms with Crippen molar-refractivity contribution in [2.24, 2.45) is 28.7 Å². The average molecular weight is 1850 g/mol. The van der Waals surface area contributed by atoms with E-state index in [1.165, 1.54) is 85.1 Å². The monoisotopic (exact) mass is 1850 g/mol. The third kappa shape index (κ3) is 20.3. The zero-order valence-corrected chi connectivity index (χ0v) is 70.1. The van der Waals surface area contributed by atoms with Crippen LogP contribution in [0.4, 0.5) is 52.7 Å². The molecule has 12 saturated carbocycles. The van der Waals surface area contributed by atoms with Crippen LogP contribution in [0.1, 0.15) is 169 Å². The van der Waals surface area contributed by atoms with Crippen LogP contribution in [0.5, 0.6) is 51.9 Å². The minimum Gasteiger partial charge on any atom is -0.484 e. The maximum absolute atomic E-state index is 13.5. The fourth-order valence-electron chi connectivity index (χ4n) is 19.4. The molecule has 12 aliphatic carbocycles. The molecule has 23 rings (SSSR count). The van der Waals surface area contributed by atoms with Crippen LogP contribution in [-0.2, 0) is 34.0 Å². The van der Waals surface area contributed by atoms with Gasteiger partial charge in [-0.1, -0.05) is 28.4 Å². The van der Waals surface area contributed by atoms with E-state index in [2.05, 4.69) is 79.4 Å². The number of benzene rings is 4. The van der Waals surface area contributed by atoms with E-state index in [0.29, 0.717) is 100 Å². The van der Waals surface area contributed by atoms with Crippen LogP contribution >= 0.6 is 23.2 Å². The molecule has 4 N–H and O–H groups in total. The fourth-order valence-corrected chi connectivity index (χ4v) is 19.6. The summed E-state index contributed by atoms with van der Waals surface area (Å²) < 4.78 is 203. The van der Waals surface area contributed by atoms with Gasteiger partial charge in [0.15, 0.2) is 65.9 Å². The van der Waals surface area contributed by atoms with Crippen molar-refractivity contribution >= 4 is 64.2 Å². The molecule has 42 heteroatoms. The van der Waals surface area contributed by atoms with Crippen molar-refractivity contribution in [1.29, 1.82) is 0 Å². The normalized spacial score (nSPS) is 24.9. The van der Waals surface area contributed by atoms with Crippen molar-refractivity contribution < 1.29 is 133 Å². The number of alkyl halides is 11. The van der Waals surface area contributed by atoms with Crippen molar-refractivity contribution in [3.63, 3.8) is 0 Å². The molecule has 4 aromatic carbocycles.